The lowest BCUT2D eigenvalue weighted by molar-refractivity contribution is -0.137. The summed E-state index contributed by atoms with van der Waals surface area (Å²) >= 11 is 0. The number of rotatable bonds is 5. The van der Waals surface area contributed by atoms with Crippen molar-refractivity contribution < 1.29 is 22.4 Å². The molecular weight excluding hydrogens is 495 g/mol. The van der Waals surface area contributed by atoms with Crippen LogP contribution in [0, 0.1) is 5.41 Å². The van der Waals surface area contributed by atoms with Crippen molar-refractivity contribution in [3.63, 3.8) is 0 Å². The van der Waals surface area contributed by atoms with Crippen LogP contribution >= 0.6 is 12.4 Å². The second-order valence-corrected chi connectivity index (χ2v) is 8.40. The number of halogens is 4. The average molecular weight is 518 g/mol. The summed E-state index contributed by atoms with van der Waals surface area (Å²) in [4.78, 5) is 6.28. The van der Waals surface area contributed by atoms with Crippen LogP contribution in [0.1, 0.15) is 35.9 Å². The van der Waals surface area contributed by atoms with Crippen molar-refractivity contribution in [3.8, 4) is 17.1 Å². The molecule has 4 aromatic rings. The Morgan fingerprint density at radius 2 is 1.89 bits per heavy atom. The van der Waals surface area contributed by atoms with Crippen molar-refractivity contribution in [2.45, 2.75) is 31.7 Å². The second kappa shape index (κ2) is 10.1. The Balaban J connectivity index is 0.00000304. The third-order valence-corrected chi connectivity index (χ3v) is 6.02. The molecule has 1 aliphatic rings. The van der Waals surface area contributed by atoms with Gasteiger partial charge in [-0.3, -0.25) is 5.41 Å². The Labute approximate surface area is 211 Å². The Bertz CT molecular complexity index is 1390. The summed E-state index contributed by atoms with van der Waals surface area (Å²) in [5.41, 5.74) is 6.18. The molecular formula is C25H23ClF3N5O2. The van der Waals surface area contributed by atoms with Crippen LogP contribution in [-0.4, -0.2) is 27.5 Å². The molecule has 0 bridgehead atoms. The molecule has 0 aliphatic carbocycles. The highest BCUT2D eigenvalue weighted by atomic mass is 35.5. The number of nitrogens with one attached hydrogen (secondary N) is 1. The van der Waals surface area contributed by atoms with E-state index in [0.29, 0.717) is 29.6 Å². The fraction of sp³-hybridized carbons (Fsp3) is 0.240. The van der Waals surface area contributed by atoms with E-state index in [1.54, 1.807) is 17.0 Å². The first kappa shape index (κ1) is 25.3. The zero-order chi connectivity index (χ0) is 24.6. The second-order valence-electron chi connectivity index (χ2n) is 8.40. The number of hydrogen-bond donors (Lipinski definition) is 2. The Hall–Kier alpha value is -3.79. The molecule has 3 aromatic carbocycles. The van der Waals surface area contributed by atoms with E-state index in [1.807, 2.05) is 30.3 Å². The van der Waals surface area contributed by atoms with Crippen LogP contribution in [0.2, 0.25) is 0 Å². The predicted molar refractivity (Wildman–Crippen MR) is 131 cm³/mol. The molecule has 1 aliphatic heterocycles. The number of ether oxygens (including phenoxy) is 1. The van der Waals surface area contributed by atoms with E-state index in [0.717, 1.165) is 41.3 Å². The number of nitrogens with zero attached hydrogens (tertiary/aromatic N) is 3. The molecule has 1 saturated heterocycles. The SMILES string of the molecule is Cl.N=C(N)N1CCCC1c1nc(-c2ccc3cc(OCc4cccc(C(F)(F)F)c4)ccc3c2)no1. The van der Waals surface area contributed by atoms with Crippen molar-refractivity contribution in [1.29, 1.82) is 5.41 Å². The summed E-state index contributed by atoms with van der Waals surface area (Å²) in [6, 6.07) is 16.1. The van der Waals surface area contributed by atoms with Crippen LogP contribution in [0.5, 0.6) is 5.75 Å². The number of guanidine groups is 1. The monoisotopic (exact) mass is 517 g/mol. The smallest absolute Gasteiger partial charge is 0.416 e. The summed E-state index contributed by atoms with van der Waals surface area (Å²) in [5.74, 6) is 1.42. The van der Waals surface area contributed by atoms with Gasteiger partial charge in [-0.25, -0.2) is 0 Å². The summed E-state index contributed by atoms with van der Waals surface area (Å²) in [6.07, 6.45) is -2.70. The number of hydrogen-bond acceptors (Lipinski definition) is 5. The number of aromatic nitrogens is 2. The normalized spacial score (nSPS) is 15.6. The van der Waals surface area contributed by atoms with E-state index in [1.165, 1.54) is 6.07 Å². The maximum atomic E-state index is 12.9. The van der Waals surface area contributed by atoms with Crippen LogP contribution in [0.25, 0.3) is 22.2 Å². The van der Waals surface area contributed by atoms with E-state index in [2.05, 4.69) is 10.1 Å². The first-order chi connectivity index (χ1) is 16.8. The van der Waals surface area contributed by atoms with Crippen LogP contribution < -0.4 is 10.5 Å². The lowest BCUT2D eigenvalue weighted by Crippen LogP contribution is -2.35. The lowest BCUT2D eigenvalue weighted by Gasteiger charge is -2.21. The molecule has 1 atom stereocenters. The third kappa shape index (κ3) is 5.23. The van der Waals surface area contributed by atoms with Gasteiger partial charge < -0.3 is 19.9 Å². The molecule has 0 amide bonds. The average Bonchev–Trinajstić information content (AvgIpc) is 3.52. The van der Waals surface area contributed by atoms with Gasteiger partial charge in [-0.2, -0.15) is 18.2 Å². The third-order valence-electron chi connectivity index (χ3n) is 6.02. The number of nitrogens with two attached hydrogens (primary N) is 1. The number of benzene rings is 3. The summed E-state index contributed by atoms with van der Waals surface area (Å²) in [6.45, 7) is 0.712. The van der Waals surface area contributed by atoms with E-state index in [9.17, 15) is 13.2 Å². The standard InChI is InChI=1S/C25H22F3N5O2.ClH/c26-25(27,28)19-4-1-3-15(11-19)14-34-20-9-8-16-12-18(7-6-17(16)13-20)22-31-23(35-32-22)21-5-2-10-33(21)24(29)30;/h1,3-4,6-9,11-13,21H,2,5,10,14H2,(H3,29,30);1H. The molecule has 3 N–H and O–H groups in total. The minimum atomic E-state index is -4.39. The molecule has 11 heteroatoms. The highest BCUT2D eigenvalue weighted by Crippen LogP contribution is 2.33. The van der Waals surface area contributed by atoms with Crippen molar-refractivity contribution >= 4 is 29.1 Å². The fourth-order valence-electron chi connectivity index (χ4n) is 4.26. The number of fused-ring (bicyclic) bond motifs is 1. The van der Waals surface area contributed by atoms with Gasteiger partial charge in [0.1, 0.15) is 18.4 Å². The largest absolute Gasteiger partial charge is 0.489 e. The summed E-state index contributed by atoms with van der Waals surface area (Å²) in [7, 11) is 0. The lowest BCUT2D eigenvalue weighted by atomic mass is 10.1. The molecule has 1 aromatic heterocycles. The van der Waals surface area contributed by atoms with Gasteiger partial charge in [0.25, 0.3) is 0 Å². The predicted octanol–water partition coefficient (Wildman–Crippen LogP) is 5.94. The highest BCUT2D eigenvalue weighted by Gasteiger charge is 2.32. The molecule has 188 valence electrons. The first-order valence-corrected chi connectivity index (χ1v) is 11.1. The van der Waals surface area contributed by atoms with Gasteiger partial charge in [-0.15, -0.1) is 12.4 Å². The minimum Gasteiger partial charge on any atom is -0.489 e. The number of alkyl halides is 3. The topological polar surface area (TPSA) is 101 Å². The van der Waals surface area contributed by atoms with Crippen molar-refractivity contribution in [2.24, 2.45) is 5.73 Å². The zero-order valence-electron chi connectivity index (χ0n) is 19.0. The van der Waals surface area contributed by atoms with Crippen LogP contribution in [0.15, 0.2) is 65.2 Å². The van der Waals surface area contributed by atoms with Crippen LogP contribution in [0.4, 0.5) is 13.2 Å². The van der Waals surface area contributed by atoms with E-state index < -0.39 is 11.7 Å². The Morgan fingerprint density at radius 1 is 1.11 bits per heavy atom. The van der Waals surface area contributed by atoms with Gasteiger partial charge in [0.2, 0.25) is 11.7 Å². The molecule has 36 heavy (non-hydrogen) atoms. The van der Waals surface area contributed by atoms with Gasteiger partial charge in [0, 0.05) is 12.1 Å². The van der Waals surface area contributed by atoms with Crippen molar-refractivity contribution in [1.82, 2.24) is 15.0 Å². The van der Waals surface area contributed by atoms with Gasteiger partial charge in [0.05, 0.1) is 5.56 Å². The molecule has 0 spiro atoms. The molecule has 5 rings (SSSR count). The zero-order valence-corrected chi connectivity index (χ0v) is 19.8. The molecule has 0 saturated carbocycles. The van der Waals surface area contributed by atoms with Crippen molar-refractivity contribution in [2.75, 3.05) is 6.54 Å². The van der Waals surface area contributed by atoms with Crippen molar-refractivity contribution in [3.05, 3.63) is 77.7 Å². The summed E-state index contributed by atoms with van der Waals surface area (Å²) < 4.78 is 50.0. The van der Waals surface area contributed by atoms with Gasteiger partial charge in [0.15, 0.2) is 5.96 Å². The van der Waals surface area contributed by atoms with Crippen LogP contribution in [0.3, 0.4) is 0 Å². The van der Waals surface area contributed by atoms with Crippen LogP contribution in [-0.2, 0) is 12.8 Å². The highest BCUT2D eigenvalue weighted by molar-refractivity contribution is 5.87. The fourth-order valence-corrected chi connectivity index (χ4v) is 4.26. The van der Waals surface area contributed by atoms with E-state index in [4.69, 9.17) is 20.4 Å². The molecule has 7 nitrogen and oxygen atoms in total. The van der Waals surface area contributed by atoms with E-state index >= 15 is 0 Å². The maximum absolute atomic E-state index is 12.9. The Morgan fingerprint density at radius 3 is 2.67 bits per heavy atom. The van der Waals surface area contributed by atoms with E-state index in [-0.39, 0.29) is 31.0 Å². The Kier molecular flexibility index (Phi) is 7.07. The molecule has 1 fully saturated rings. The molecule has 1 unspecified atom stereocenters. The quantitative estimate of drug-likeness (QED) is 0.251. The maximum Gasteiger partial charge on any atom is 0.416 e. The molecule has 2 heterocycles. The van der Waals surface area contributed by atoms with Gasteiger partial charge in [-0.1, -0.05) is 35.5 Å². The number of likely N-dealkylation sites (tertiary alicyclic amines) is 1. The first-order valence-electron chi connectivity index (χ1n) is 11.1. The minimum absolute atomic E-state index is 0. The molecule has 0 radical (unpaired) electrons. The summed E-state index contributed by atoms with van der Waals surface area (Å²) in [5, 5.41) is 13.7. The van der Waals surface area contributed by atoms with Gasteiger partial charge >= 0.3 is 6.18 Å². The van der Waals surface area contributed by atoms with Gasteiger partial charge in [-0.05, 0) is 59.5 Å².